The van der Waals surface area contributed by atoms with Crippen LogP contribution in [0.15, 0.2) is 12.2 Å². The summed E-state index contributed by atoms with van der Waals surface area (Å²) < 4.78 is 10.1. The zero-order valence-corrected chi connectivity index (χ0v) is 10.6. The Bertz CT molecular complexity index is 180. The third-order valence-electron chi connectivity index (χ3n) is 1.74. The molecule has 0 saturated heterocycles. The lowest BCUT2D eigenvalue weighted by Gasteiger charge is -2.09. The maximum Gasteiger partial charge on any atom is 0.333 e. The molecule has 0 aromatic carbocycles. The molecule has 0 aliphatic carbocycles. The Labute approximate surface area is 82.7 Å². The minimum atomic E-state index is -0.306. The van der Waals surface area contributed by atoms with Crippen molar-refractivity contribution in [3.8, 4) is 0 Å². The second-order valence-electron chi connectivity index (χ2n) is 3.10. The van der Waals surface area contributed by atoms with Crippen LogP contribution in [0.4, 0.5) is 0 Å². The highest BCUT2D eigenvalue weighted by molar-refractivity contribution is 5.98. The van der Waals surface area contributed by atoms with E-state index in [0.717, 1.165) is 23.3 Å². The van der Waals surface area contributed by atoms with E-state index in [9.17, 15) is 4.79 Å². The molecule has 1 unspecified atom stereocenters. The lowest BCUT2D eigenvalue weighted by Crippen LogP contribution is -2.10. The van der Waals surface area contributed by atoms with Gasteiger partial charge < -0.3 is 9.16 Å². The van der Waals surface area contributed by atoms with Crippen LogP contribution in [0.25, 0.3) is 0 Å². The molecule has 3 nitrogen and oxygen atoms in total. The van der Waals surface area contributed by atoms with Crippen molar-refractivity contribution in [3.63, 3.8) is 0 Å². The molecule has 1 atom stereocenters. The van der Waals surface area contributed by atoms with E-state index in [1.54, 1.807) is 6.92 Å². The summed E-state index contributed by atoms with van der Waals surface area (Å²) in [5.74, 6) is -0.306. The van der Waals surface area contributed by atoms with Crippen LogP contribution in [0.1, 0.15) is 26.7 Å². The number of hydrogen-bond acceptors (Lipinski definition) is 3. The van der Waals surface area contributed by atoms with Gasteiger partial charge in [0.15, 0.2) is 0 Å². The normalized spacial score (nSPS) is 12.5. The van der Waals surface area contributed by atoms with Gasteiger partial charge in [-0.25, -0.2) is 4.79 Å². The number of rotatable bonds is 6. The fraction of sp³-hybridized carbons (Fsp3) is 0.667. The summed E-state index contributed by atoms with van der Waals surface area (Å²) in [5, 5.41) is 0. The molecule has 4 heteroatoms. The van der Waals surface area contributed by atoms with Gasteiger partial charge in [-0.05, 0) is 26.7 Å². The van der Waals surface area contributed by atoms with Crippen molar-refractivity contribution in [2.75, 3.05) is 6.61 Å². The molecule has 0 fully saturated rings. The van der Waals surface area contributed by atoms with Crippen molar-refractivity contribution >= 4 is 16.5 Å². The van der Waals surface area contributed by atoms with E-state index in [1.807, 2.05) is 6.92 Å². The van der Waals surface area contributed by atoms with Gasteiger partial charge in [0.1, 0.15) is 10.5 Å². The van der Waals surface area contributed by atoms with Crippen LogP contribution in [0.3, 0.4) is 0 Å². The van der Waals surface area contributed by atoms with E-state index in [2.05, 4.69) is 6.58 Å². The zero-order valence-electron chi connectivity index (χ0n) is 8.63. The van der Waals surface area contributed by atoms with Crippen LogP contribution in [0.2, 0.25) is 0 Å². The van der Waals surface area contributed by atoms with Gasteiger partial charge in [0, 0.05) is 11.7 Å². The number of esters is 1. The first-order valence-corrected chi connectivity index (χ1v) is 5.25. The summed E-state index contributed by atoms with van der Waals surface area (Å²) in [4.78, 5) is 10.9. The maximum absolute atomic E-state index is 10.9. The van der Waals surface area contributed by atoms with Gasteiger partial charge in [-0.1, -0.05) is 6.58 Å². The fourth-order valence-electron chi connectivity index (χ4n) is 0.777. The van der Waals surface area contributed by atoms with Crippen molar-refractivity contribution in [2.24, 2.45) is 0 Å². The van der Waals surface area contributed by atoms with E-state index in [4.69, 9.17) is 9.16 Å². The largest absolute Gasteiger partial charge is 0.462 e. The minimum absolute atomic E-state index is 0.287. The van der Waals surface area contributed by atoms with Crippen molar-refractivity contribution in [1.82, 2.24) is 0 Å². The molecule has 0 amide bonds. The van der Waals surface area contributed by atoms with Gasteiger partial charge >= 0.3 is 5.97 Å². The predicted octanol–water partition coefficient (Wildman–Crippen LogP) is 0.571. The Kier molecular flexibility index (Phi) is 6.53. The van der Waals surface area contributed by atoms with E-state index in [-0.39, 0.29) is 12.1 Å². The van der Waals surface area contributed by atoms with Crippen molar-refractivity contribution in [3.05, 3.63) is 12.2 Å². The topological polar surface area (TPSA) is 35.5 Å². The predicted molar refractivity (Wildman–Crippen MR) is 55.5 cm³/mol. The quantitative estimate of drug-likeness (QED) is 0.273. The first-order valence-electron chi connectivity index (χ1n) is 4.43. The second-order valence-corrected chi connectivity index (χ2v) is 3.58. The van der Waals surface area contributed by atoms with Gasteiger partial charge in [0.05, 0.1) is 6.61 Å². The van der Waals surface area contributed by atoms with Gasteiger partial charge in [0.2, 0.25) is 0 Å². The van der Waals surface area contributed by atoms with Gasteiger partial charge in [0.25, 0.3) is 0 Å². The van der Waals surface area contributed by atoms with E-state index >= 15 is 0 Å². The summed E-state index contributed by atoms with van der Waals surface area (Å²) in [7, 11) is 0.763. The Balaban J connectivity index is 3.36. The van der Waals surface area contributed by atoms with Crippen LogP contribution in [0.5, 0.6) is 0 Å². The molecule has 0 aliphatic rings. The molecule has 0 aromatic rings. The molecule has 13 heavy (non-hydrogen) atoms. The molecule has 0 bridgehead atoms. The van der Waals surface area contributed by atoms with E-state index in [0.29, 0.717) is 12.2 Å². The summed E-state index contributed by atoms with van der Waals surface area (Å²) in [6.45, 7) is 7.62. The Morgan fingerprint density at radius 2 is 2.23 bits per heavy atom. The first kappa shape index (κ1) is 12.4. The van der Waals surface area contributed by atoms with Gasteiger partial charge in [-0.3, -0.25) is 0 Å². The van der Waals surface area contributed by atoms with Crippen molar-refractivity contribution in [2.45, 2.75) is 32.8 Å². The van der Waals surface area contributed by atoms with Crippen molar-refractivity contribution < 1.29 is 14.0 Å². The molecule has 0 radical (unpaired) electrons. The van der Waals surface area contributed by atoms with E-state index in [1.165, 1.54) is 0 Å². The summed E-state index contributed by atoms with van der Waals surface area (Å²) >= 11 is 0. The Hall–Kier alpha value is -0.613. The molecule has 0 heterocycles. The standard InChI is InChI=1S/C9H18O3Si/c1-7(2)9(10)11-6-4-5-8(3)12-13/h8H,1,4-6H2,2-3,13H3. The minimum Gasteiger partial charge on any atom is -0.462 e. The van der Waals surface area contributed by atoms with Crippen LogP contribution < -0.4 is 0 Å². The Morgan fingerprint density at radius 3 is 2.69 bits per heavy atom. The summed E-state index contributed by atoms with van der Waals surface area (Å²) in [5.41, 5.74) is 0.451. The van der Waals surface area contributed by atoms with E-state index < -0.39 is 0 Å². The lowest BCUT2D eigenvalue weighted by atomic mass is 10.2. The number of carbonyl (C=O) groups excluding carboxylic acids is 1. The van der Waals surface area contributed by atoms with Crippen LogP contribution in [-0.4, -0.2) is 29.2 Å². The summed E-state index contributed by atoms with van der Waals surface area (Å²) in [6, 6.07) is 0. The Morgan fingerprint density at radius 1 is 1.62 bits per heavy atom. The average molecular weight is 202 g/mol. The average Bonchev–Trinajstić information content (AvgIpc) is 2.11. The molecule has 0 saturated carbocycles. The molecule has 0 aliphatic heterocycles. The van der Waals surface area contributed by atoms with Crippen LogP contribution in [-0.2, 0) is 14.0 Å². The molecule has 0 N–H and O–H groups in total. The highest BCUT2D eigenvalue weighted by atomic mass is 28.2. The second kappa shape index (κ2) is 6.86. The number of ether oxygens (including phenoxy) is 1. The van der Waals surface area contributed by atoms with Gasteiger partial charge in [-0.2, -0.15) is 0 Å². The SMILES string of the molecule is C=C(C)C(=O)OCCCC(C)O[SiH3]. The summed E-state index contributed by atoms with van der Waals surface area (Å²) in [6.07, 6.45) is 2.07. The molecule has 0 aromatic heterocycles. The molecular formula is C9H18O3Si. The number of hydrogen-bond donors (Lipinski definition) is 0. The van der Waals surface area contributed by atoms with Crippen LogP contribution >= 0.6 is 0 Å². The highest BCUT2D eigenvalue weighted by Crippen LogP contribution is 2.01. The number of carbonyl (C=O) groups is 1. The zero-order chi connectivity index (χ0) is 10.3. The van der Waals surface area contributed by atoms with Gasteiger partial charge in [-0.15, -0.1) is 0 Å². The van der Waals surface area contributed by atoms with Crippen LogP contribution in [0, 0.1) is 0 Å². The smallest absolute Gasteiger partial charge is 0.333 e. The molecule has 0 rings (SSSR count). The first-order chi connectivity index (χ1) is 6.07. The lowest BCUT2D eigenvalue weighted by molar-refractivity contribution is -0.139. The fourth-order valence-corrected chi connectivity index (χ4v) is 1.01. The molecular weight excluding hydrogens is 184 g/mol. The monoisotopic (exact) mass is 202 g/mol. The molecule has 0 spiro atoms. The third-order valence-corrected chi connectivity index (χ3v) is 2.54. The molecule has 76 valence electrons. The maximum atomic E-state index is 10.9. The third kappa shape index (κ3) is 6.54. The highest BCUT2D eigenvalue weighted by Gasteiger charge is 2.03. The van der Waals surface area contributed by atoms with Crippen molar-refractivity contribution in [1.29, 1.82) is 0 Å².